The van der Waals surface area contributed by atoms with Crippen molar-refractivity contribution in [1.29, 1.82) is 0 Å². The zero-order chi connectivity index (χ0) is 14.8. The third kappa shape index (κ3) is 3.32. The van der Waals surface area contributed by atoms with Gasteiger partial charge >= 0.3 is 0 Å². The Morgan fingerprint density at radius 2 is 2.05 bits per heavy atom. The normalized spacial score (nSPS) is 13.0. The summed E-state index contributed by atoms with van der Waals surface area (Å²) in [4.78, 5) is 10.4. The minimum absolute atomic E-state index is 0.172. The lowest BCUT2D eigenvalue weighted by Crippen LogP contribution is -2.42. The molecule has 5 N–H and O–H groups in total. The van der Waals surface area contributed by atoms with Crippen LogP contribution in [0.25, 0.3) is 0 Å². The third-order valence-corrected chi connectivity index (χ3v) is 3.84. The second kappa shape index (κ2) is 5.41. The van der Waals surface area contributed by atoms with Crippen LogP contribution in [0.2, 0.25) is 0 Å². The highest BCUT2D eigenvalue weighted by Gasteiger charge is 2.23. The van der Waals surface area contributed by atoms with E-state index in [0.717, 1.165) is 12.1 Å². The predicted octanol–water partition coefficient (Wildman–Crippen LogP) is -0.431. The van der Waals surface area contributed by atoms with Crippen LogP contribution in [-0.2, 0) is 14.8 Å². The van der Waals surface area contributed by atoms with Gasteiger partial charge in [-0.2, -0.15) is 4.72 Å². The summed E-state index contributed by atoms with van der Waals surface area (Å²) in [7, 11) is -2.90. The molecule has 1 rings (SSSR count). The molecule has 1 atom stereocenters. The van der Waals surface area contributed by atoms with Gasteiger partial charge in [-0.15, -0.1) is 0 Å². The monoisotopic (exact) mass is 291 g/mol. The summed E-state index contributed by atoms with van der Waals surface area (Å²) in [5, 5.41) is 0. The molecule has 0 radical (unpaired) electrons. The Balaban J connectivity index is 3.20. The van der Waals surface area contributed by atoms with E-state index in [0.29, 0.717) is 0 Å². The number of carbonyl (C=O) groups is 1. The molecule has 0 fully saturated rings. The summed E-state index contributed by atoms with van der Waals surface area (Å²) >= 11 is 0. The number of rotatable bonds is 5. The van der Waals surface area contributed by atoms with E-state index in [-0.39, 0.29) is 11.4 Å². The van der Waals surface area contributed by atoms with Crippen molar-refractivity contribution in [1.82, 2.24) is 4.72 Å². The quantitative estimate of drug-likeness (QED) is 0.635. The Hall–Kier alpha value is -1.87. The van der Waals surface area contributed by atoms with Crippen LogP contribution >= 0.6 is 0 Å². The maximum absolute atomic E-state index is 13.5. The van der Waals surface area contributed by atoms with Gasteiger partial charge in [-0.25, -0.2) is 12.8 Å². The molecular weight excluding hydrogens is 277 g/mol. The molecule has 0 aromatic heterocycles. The third-order valence-electron chi connectivity index (χ3n) is 2.32. The van der Waals surface area contributed by atoms with Crippen LogP contribution in [-0.4, -0.2) is 27.5 Å². The SMILES string of the molecule is COc1c(N)cc(S(=O)(=O)NC(C)C(N)=O)cc1F. The second-order valence-electron chi connectivity index (χ2n) is 3.77. The highest BCUT2D eigenvalue weighted by molar-refractivity contribution is 7.89. The molecule has 0 saturated heterocycles. The number of nitrogens with one attached hydrogen (secondary N) is 1. The smallest absolute Gasteiger partial charge is 0.241 e. The van der Waals surface area contributed by atoms with Gasteiger partial charge in [0.25, 0.3) is 0 Å². The number of methoxy groups -OCH3 is 1. The van der Waals surface area contributed by atoms with Crippen LogP contribution in [0.1, 0.15) is 6.92 Å². The second-order valence-corrected chi connectivity index (χ2v) is 5.49. The lowest BCUT2D eigenvalue weighted by molar-refractivity contribution is -0.119. The average molecular weight is 291 g/mol. The number of sulfonamides is 1. The molecule has 0 aliphatic rings. The van der Waals surface area contributed by atoms with E-state index in [1.807, 2.05) is 4.72 Å². The molecule has 1 aromatic carbocycles. The topological polar surface area (TPSA) is 125 Å². The van der Waals surface area contributed by atoms with Crippen molar-refractivity contribution >= 4 is 21.6 Å². The van der Waals surface area contributed by atoms with Crippen LogP contribution in [0.3, 0.4) is 0 Å². The molecule has 0 saturated carbocycles. The first-order valence-electron chi connectivity index (χ1n) is 5.13. The first kappa shape index (κ1) is 15.2. The van der Waals surface area contributed by atoms with Gasteiger partial charge in [0.1, 0.15) is 0 Å². The zero-order valence-electron chi connectivity index (χ0n) is 10.3. The number of anilines is 1. The molecule has 106 valence electrons. The zero-order valence-corrected chi connectivity index (χ0v) is 11.1. The molecule has 0 spiro atoms. The highest BCUT2D eigenvalue weighted by Crippen LogP contribution is 2.28. The van der Waals surface area contributed by atoms with Crippen molar-refractivity contribution < 1.29 is 22.3 Å². The number of benzene rings is 1. The average Bonchev–Trinajstić information content (AvgIpc) is 2.27. The Morgan fingerprint density at radius 1 is 1.47 bits per heavy atom. The minimum Gasteiger partial charge on any atom is -0.492 e. The number of hydrogen-bond donors (Lipinski definition) is 3. The van der Waals surface area contributed by atoms with E-state index in [9.17, 15) is 17.6 Å². The van der Waals surface area contributed by atoms with Crippen LogP contribution in [0.5, 0.6) is 5.75 Å². The number of ether oxygens (including phenoxy) is 1. The van der Waals surface area contributed by atoms with Crippen LogP contribution in [0.4, 0.5) is 10.1 Å². The van der Waals surface area contributed by atoms with Gasteiger partial charge in [-0.1, -0.05) is 0 Å². The van der Waals surface area contributed by atoms with Crippen molar-refractivity contribution in [2.45, 2.75) is 17.9 Å². The van der Waals surface area contributed by atoms with Crippen molar-refractivity contribution in [2.24, 2.45) is 5.73 Å². The lowest BCUT2D eigenvalue weighted by Gasteiger charge is -2.13. The van der Waals surface area contributed by atoms with E-state index >= 15 is 0 Å². The van der Waals surface area contributed by atoms with Crippen molar-refractivity contribution in [2.75, 3.05) is 12.8 Å². The molecule has 1 amide bonds. The first-order valence-corrected chi connectivity index (χ1v) is 6.62. The number of nitrogens with two attached hydrogens (primary N) is 2. The molecule has 0 aliphatic carbocycles. The van der Waals surface area contributed by atoms with E-state index in [2.05, 4.69) is 4.74 Å². The Morgan fingerprint density at radius 3 is 2.47 bits per heavy atom. The van der Waals surface area contributed by atoms with Crippen LogP contribution in [0, 0.1) is 5.82 Å². The summed E-state index contributed by atoms with van der Waals surface area (Å²) in [6, 6.07) is 0.639. The molecule has 1 aromatic rings. The fourth-order valence-corrected chi connectivity index (χ4v) is 2.58. The standard InChI is InChI=1S/C10H14FN3O4S/c1-5(10(13)15)14-19(16,17)6-3-7(11)9(18-2)8(12)4-6/h3-5,14H,12H2,1-2H3,(H2,13,15). The maximum atomic E-state index is 13.5. The molecule has 0 heterocycles. The van der Waals surface area contributed by atoms with Gasteiger partial charge in [-0.05, 0) is 19.1 Å². The van der Waals surface area contributed by atoms with E-state index in [1.165, 1.54) is 14.0 Å². The largest absolute Gasteiger partial charge is 0.492 e. The number of amides is 1. The van der Waals surface area contributed by atoms with Gasteiger partial charge in [0.15, 0.2) is 11.6 Å². The van der Waals surface area contributed by atoms with Crippen LogP contribution in [0.15, 0.2) is 17.0 Å². The van der Waals surface area contributed by atoms with E-state index < -0.39 is 32.7 Å². The van der Waals surface area contributed by atoms with Crippen molar-refractivity contribution in [3.63, 3.8) is 0 Å². The predicted molar refractivity (Wildman–Crippen MR) is 66.3 cm³/mol. The van der Waals surface area contributed by atoms with Crippen molar-refractivity contribution in [3.05, 3.63) is 17.9 Å². The maximum Gasteiger partial charge on any atom is 0.241 e. The molecule has 0 aliphatic heterocycles. The summed E-state index contributed by atoms with van der Waals surface area (Å²) < 4.78 is 44.0. The number of carbonyl (C=O) groups excluding carboxylic acids is 1. The molecule has 9 heteroatoms. The highest BCUT2D eigenvalue weighted by atomic mass is 32.2. The Bertz CT molecular complexity index is 580. The van der Waals surface area contributed by atoms with Gasteiger partial charge in [0, 0.05) is 0 Å². The van der Waals surface area contributed by atoms with Gasteiger partial charge in [-0.3, -0.25) is 4.79 Å². The number of nitrogen functional groups attached to an aromatic ring is 1. The van der Waals surface area contributed by atoms with Gasteiger partial charge in [0.2, 0.25) is 15.9 Å². The summed E-state index contributed by atoms with van der Waals surface area (Å²) in [6.45, 7) is 1.27. The Kier molecular flexibility index (Phi) is 4.32. The van der Waals surface area contributed by atoms with E-state index in [1.54, 1.807) is 0 Å². The van der Waals surface area contributed by atoms with Crippen molar-refractivity contribution in [3.8, 4) is 5.75 Å². The van der Waals surface area contributed by atoms with E-state index in [4.69, 9.17) is 11.5 Å². The minimum atomic E-state index is -4.10. The molecule has 0 bridgehead atoms. The van der Waals surface area contributed by atoms with Gasteiger partial charge < -0.3 is 16.2 Å². The van der Waals surface area contributed by atoms with Gasteiger partial charge in [0.05, 0.1) is 23.7 Å². The number of hydrogen-bond acceptors (Lipinski definition) is 5. The lowest BCUT2D eigenvalue weighted by atomic mass is 10.3. The Labute approximate surface area is 109 Å². The number of primary amides is 1. The fraction of sp³-hybridized carbons (Fsp3) is 0.300. The summed E-state index contributed by atoms with van der Waals surface area (Å²) in [5.41, 5.74) is 10.2. The molecular formula is C10H14FN3O4S. The first-order chi connectivity index (χ1) is 8.69. The molecule has 7 nitrogen and oxygen atoms in total. The summed E-state index contributed by atoms with van der Waals surface area (Å²) in [6.07, 6.45) is 0. The molecule has 1 unspecified atom stereocenters. The van der Waals surface area contributed by atoms with Crippen LogP contribution < -0.4 is 20.9 Å². The summed E-state index contributed by atoms with van der Waals surface area (Å²) in [5.74, 6) is -2.03. The molecule has 19 heavy (non-hydrogen) atoms. The fourth-order valence-electron chi connectivity index (χ4n) is 1.32. The number of halogens is 1.